The summed E-state index contributed by atoms with van der Waals surface area (Å²) in [7, 11) is 0. The fourth-order valence-corrected chi connectivity index (χ4v) is 3.19. The third-order valence-corrected chi connectivity index (χ3v) is 4.57. The lowest BCUT2D eigenvalue weighted by Gasteiger charge is -2.33. The van der Waals surface area contributed by atoms with Gasteiger partial charge in [0.25, 0.3) is 0 Å². The Morgan fingerprint density at radius 2 is 2.04 bits per heavy atom. The third kappa shape index (κ3) is 7.85. The second-order valence-electron chi connectivity index (χ2n) is 6.95. The number of carbonyl (C=O) groups is 1. The van der Waals surface area contributed by atoms with Crippen LogP contribution in [0.4, 0.5) is 0 Å². The molecule has 6 nitrogen and oxygen atoms in total. The molecule has 28 heavy (non-hydrogen) atoms. The number of hydrogen-bond acceptors (Lipinski definition) is 4. The van der Waals surface area contributed by atoms with Gasteiger partial charge in [-0.15, -0.1) is 24.0 Å². The number of rotatable bonds is 7. The van der Waals surface area contributed by atoms with Gasteiger partial charge in [-0.25, -0.2) is 4.99 Å². The van der Waals surface area contributed by atoms with Crippen molar-refractivity contribution in [3.63, 3.8) is 0 Å². The standard InChI is InChI=1S/C21H33N3O3.HI/c1-5-22-21(24-12-10-18(11-13-24)20(25)26-6-2)23-15-17(4)27-19-9-7-8-16(3)14-19;/h7-9,14,17-18H,5-6,10-13,15H2,1-4H3,(H,22,23);1H. The number of carbonyl (C=O) groups excluding carboxylic acids is 1. The Hall–Kier alpha value is -1.51. The lowest BCUT2D eigenvalue weighted by Crippen LogP contribution is -2.47. The second kappa shape index (κ2) is 12.9. The molecule has 0 bridgehead atoms. The molecule has 1 fully saturated rings. The highest BCUT2D eigenvalue weighted by Crippen LogP contribution is 2.19. The molecule has 0 aliphatic carbocycles. The Balaban J connectivity index is 0.00000392. The lowest BCUT2D eigenvalue weighted by atomic mass is 9.97. The normalized spacial score (nSPS) is 16.1. The number of aryl methyl sites for hydroxylation is 1. The first-order valence-electron chi connectivity index (χ1n) is 9.96. The maximum atomic E-state index is 11.9. The van der Waals surface area contributed by atoms with Crippen molar-refractivity contribution in [1.29, 1.82) is 0 Å². The molecule has 0 amide bonds. The zero-order chi connectivity index (χ0) is 19.6. The maximum absolute atomic E-state index is 11.9. The van der Waals surface area contributed by atoms with E-state index in [0.29, 0.717) is 13.2 Å². The summed E-state index contributed by atoms with van der Waals surface area (Å²) in [6.45, 7) is 11.4. The van der Waals surface area contributed by atoms with Crippen LogP contribution in [0.25, 0.3) is 0 Å². The topological polar surface area (TPSA) is 63.2 Å². The summed E-state index contributed by atoms with van der Waals surface area (Å²) in [6, 6.07) is 8.06. The Morgan fingerprint density at radius 3 is 2.64 bits per heavy atom. The number of nitrogens with zero attached hydrogens (tertiary/aromatic N) is 2. The van der Waals surface area contributed by atoms with Crippen molar-refractivity contribution in [2.45, 2.75) is 46.6 Å². The van der Waals surface area contributed by atoms with E-state index in [0.717, 1.165) is 44.2 Å². The average molecular weight is 503 g/mol. The van der Waals surface area contributed by atoms with Gasteiger partial charge in [-0.3, -0.25) is 4.79 Å². The lowest BCUT2D eigenvalue weighted by molar-refractivity contribution is -0.149. The van der Waals surface area contributed by atoms with Crippen LogP contribution in [0, 0.1) is 12.8 Å². The summed E-state index contributed by atoms with van der Waals surface area (Å²) in [5, 5.41) is 3.35. The van der Waals surface area contributed by atoms with Gasteiger partial charge in [-0.1, -0.05) is 12.1 Å². The van der Waals surface area contributed by atoms with E-state index in [1.54, 1.807) is 0 Å². The molecule has 1 N–H and O–H groups in total. The molecular weight excluding hydrogens is 469 g/mol. The van der Waals surface area contributed by atoms with Crippen LogP contribution >= 0.6 is 24.0 Å². The molecule has 0 radical (unpaired) electrons. The molecule has 1 aliphatic heterocycles. The number of benzene rings is 1. The minimum atomic E-state index is -0.0701. The molecule has 0 aromatic heterocycles. The highest BCUT2D eigenvalue weighted by Gasteiger charge is 2.27. The molecule has 7 heteroatoms. The molecule has 1 saturated heterocycles. The van der Waals surface area contributed by atoms with Crippen LogP contribution in [0.15, 0.2) is 29.3 Å². The number of likely N-dealkylation sites (tertiary alicyclic amines) is 1. The number of ether oxygens (including phenoxy) is 2. The van der Waals surface area contributed by atoms with Crippen molar-refractivity contribution in [2.75, 3.05) is 32.8 Å². The highest BCUT2D eigenvalue weighted by molar-refractivity contribution is 14.0. The molecule has 1 aromatic carbocycles. The molecule has 1 unspecified atom stereocenters. The highest BCUT2D eigenvalue weighted by atomic mass is 127. The fourth-order valence-electron chi connectivity index (χ4n) is 3.19. The number of hydrogen-bond donors (Lipinski definition) is 1. The smallest absolute Gasteiger partial charge is 0.309 e. The van der Waals surface area contributed by atoms with Gasteiger partial charge in [0.05, 0.1) is 19.1 Å². The Kier molecular flexibility index (Phi) is 11.3. The molecule has 0 saturated carbocycles. The van der Waals surface area contributed by atoms with Gasteiger partial charge in [0.1, 0.15) is 11.9 Å². The largest absolute Gasteiger partial charge is 0.489 e. The average Bonchev–Trinajstić information content (AvgIpc) is 2.65. The van der Waals surface area contributed by atoms with Crippen molar-refractivity contribution in [3.05, 3.63) is 29.8 Å². The zero-order valence-electron chi connectivity index (χ0n) is 17.4. The predicted octanol–water partition coefficient (Wildman–Crippen LogP) is 3.62. The van der Waals surface area contributed by atoms with E-state index in [-0.39, 0.29) is 42.0 Å². The Bertz CT molecular complexity index is 631. The van der Waals surface area contributed by atoms with Gasteiger partial charge in [0.15, 0.2) is 5.96 Å². The number of guanidine groups is 1. The fraction of sp³-hybridized carbons (Fsp3) is 0.619. The van der Waals surface area contributed by atoms with Crippen LogP contribution in [-0.2, 0) is 9.53 Å². The molecule has 1 aromatic rings. The van der Waals surface area contributed by atoms with Gasteiger partial charge in [0, 0.05) is 19.6 Å². The van der Waals surface area contributed by atoms with Crippen LogP contribution in [0.3, 0.4) is 0 Å². The minimum absolute atomic E-state index is 0. The molecule has 158 valence electrons. The molecule has 0 spiro atoms. The minimum Gasteiger partial charge on any atom is -0.489 e. The van der Waals surface area contributed by atoms with Crippen molar-refractivity contribution in [2.24, 2.45) is 10.9 Å². The number of esters is 1. The molecule has 1 aliphatic rings. The number of aliphatic imine (C=N–C) groups is 1. The van der Waals surface area contributed by atoms with E-state index in [1.165, 1.54) is 5.56 Å². The van der Waals surface area contributed by atoms with E-state index < -0.39 is 0 Å². The quantitative estimate of drug-likeness (QED) is 0.267. The van der Waals surface area contributed by atoms with E-state index in [2.05, 4.69) is 30.1 Å². The van der Waals surface area contributed by atoms with Gasteiger partial charge in [0.2, 0.25) is 0 Å². The Morgan fingerprint density at radius 1 is 1.32 bits per heavy atom. The van der Waals surface area contributed by atoms with Gasteiger partial charge in [-0.05, 0) is 58.2 Å². The van der Waals surface area contributed by atoms with Crippen molar-refractivity contribution >= 4 is 35.9 Å². The number of nitrogens with one attached hydrogen (secondary N) is 1. The van der Waals surface area contributed by atoms with Crippen LogP contribution in [0.1, 0.15) is 39.2 Å². The summed E-state index contributed by atoms with van der Waals surface area (Å²) in [5.41, 5.74) is 1.18. The van der Waals surface area contributed by atoms with Gasteiger partial charge >= 0.3 is 5.97 Å². The first kappa shape index (κ1) is 24.5. The summed E-state index contributed by atoms with van der Waals surface area (Å²) in [6.07, 6.45) is 1.59. The SMILES string of the molecule is CCNC(=NCC(C)Oc1cccc(C)c1)N1CCC(C(=O)OCC)CC1.I. The first-order valence-corrected chi connectivity index (χ1v) is 9.96. The first-order chi connectivity index (χ1) is 13.0. The molecule has 1 heterocycles. The van der Waals surface area contributed by atoms with Crippen LogP contribution < -0.4 is 10.1 Å². The maximum Gasteiger partial charge on any atom is 0.309 e. The molecular formula is C21H34IN3O3. The predicted molar refractivity (Wildman–Crippen MR) is 124 cm³/mol. The summed E-state index contributed by atoms with van der Waals surface area (Å²) < 4.78 is 11.1. The summed E-state index contributed by atoms with van der Waals surface area (Å²) in [4.78, 5) is 18.9. The second-order valence-corrected chi connectivity index (χ2v) is 6.95. The summed E-state index contributed by atoms with van der Waals surface area (Å²) >= 11 is 0. The monoisotopic (exact) mass is 503 g/mol. The third-order valence-electron chi connectivity index (χ3n) is 4.57. The van der Waals surface area contributed by atoms with Crippen LogP contribution in [-0.4, -0.2) is 55.7 Å². The van der Waals surface area contributed by atoms with Crippen LogP contribution in [0.2, 0.25) is 0 Å². The number of piperidine rings is 1. The summed E-state index contributed by atoms with van der Waals surface area (Å²) in [5.74, 6) is 1.70. The van der Waals surface area contributed by atoms with Gasteiger partial charge in [-0.2, -0.15) is 0 Å². The molecule has 2 rings (SSSR count). The zero-order valence-corrected chi connectivity index (χ0v) is 19.8. The van der Waals surface area contributed by atoms with Crippen molar-refractivity contribution < 1.29 is 14.3 Å². The van der Waals surface area contributed by atoms with Gasteiger partial charge < -0.3 is 19.7 Å². The van der Waals surface area contributed by atoms with E-state index >= 15 is 0 Å². The molecule has 1 atom stereocenters. The van der Waals surface area contributed by atoms with E-state index in [4.69, 9.17) is 14.5 Å². The van der Waals surface area contributed by atoms with E-state index in [1.807, 2.05) is 32.0 Å². The van der Waals surface area contributed by atoms with Crippen LogP contribution in [0.5, 0.6) is 5.75 Å². The Labute approximate surface area is 186 Å². The van der Waals surface area contributed by atoms with Crippen molar-refractivity contribution in [1.82, 2.24) is 10.2 Å². The van der Waals surface area contributed by atoms with Crippen molar-refractivity contribution in [3.8, 4) is 5.75 Å². The number of halogens is 1. The van der Waals surface area contributed by atoms with E-state index in [9.17, 15) is 4.79 Å².